The maximum absolute atomic E-state index is 13.4. The molecule has 200 valence electrons. The molecule has 0 amide bonds. The molecule has 2 aliphatic rings. The van der Waals surface area contributed by atoms with Crippen molar-refractivity contribution in [1.29, 1.82) is 0 Å². The van der Waals surface area contributed by atoms with Crippen LogP contribution in [0, 0.1) is 0 Å². The Morgan fingerprint density at radius 1 is 0.889 bits per heavy atom. The van der Waals surface area contributed by atoms with Gasteiger partial charge in [0.1, 0.15) is 23.5 Å². The fourth-order valence-corrected chi connectivity index (χ4v) is 5.78. The van der Waals surface area contributed by atoms with Gasteiger partial charge < -0.3 is 24.9 Å². The fraction of sp³-hybridized carbons (Fsp3) is 0.643. The highest BCUT2D eigenvalue weighted by Gasteiger charge is 2.41. The monoisotopic (exact) mass is 501 g/mol. The molecule has 2 fully saturated rings. The quantitative estimate of drug-likeness (QED) is 0.170. The number of hydrogen-bond acceptors (Lipinski definition) is 8. The molecular weight excluding hydrogens is 458 g/mol. The predicted molar refractivity (Wildman–Crippen MR) is 140 cm³/mol. The third kappa shape index (κ3) is 8.05. The summed E-state index contributed by atoms with van der Waals surface area (Å²) in [5.74, 6) is -0.695. The van der Waals surface area contributed by atoms with E-state index in [-0.39, 0.29) is 40.4 Å². The van der Waals surface area contributed by atoms with E-state index in [1.807, 2.05) is 0 Å². The first kappa shape index (κ1) is 28.2. The highest BCUT2D eigenvalue weighted by molar-refractivity contribution is 6.17. The largest absolute Gasteiger partial charge is 0.458 e. The summed E-state index contributed by atoms with van der Waals surface area (Å²) in [4.78, 5) is 32.1. The summed E-state index contributed by atoms with van der Waals surface area (Å²) < 4.78 is 11.8. The Hall–Kier alpha value is -2.42. The van der Waals surface area contributed by atoms with Crippen molar-refractivity contribution in [2.75, 3.05) is 7.05 Å². The van der Waals surface area contributed by atoms with Crippen molar-refractivity contribution in [1.82, 2.24) is 16.1 Å². The number of carbonyl (C=O) groups is 2. The average molecular weight is 502 g/mol. The first-order valence-corrected chi connectivity index (χ1v) is 12.8. The number of ether oxygens (including phenoxy) is 2. The number of esters is 2. The van der Waals surface area contributed by atoms with Crippen LogP contribution in [0.5, 0.6) is 5.75 Å². The van der Waals surface area contributed by atoms with Crippen LogP contribution in [0.2, 0.25) is 0 Å². The van der Waals surface area contributed by atoms with E-state index in [1.54, 1.807) is 37.4 Å². The van der Waals surface area contributed by atoms with E-state index in [9.17, 15) is 9.59 Å². The van der Waals surface area contributed by atoms with E-state index >= 15 is 0 Å². The van der Waals surface area contributed by atoms with E-state index in [0.29, 0.717) is 37.0 Å². The lowest BCUT2D eigenvalue weighted by atomic mass is 9.81. The molecule has 3 rings (SSSR count). The van der Waals surface area contributed by atoms with Gasteiger partial charge in [-0.05, 0) is 78.7 Å². The summed E-state index contributed by atoms with van der Waals surface area (Å²) in [5, 5.41) is 7.10. The van der Waals surface area contributed by atoms with Crippen LogP contribution in [0.15, 0.2) is 29.8 Å². The van der Waals surface area contributed by atoms with Gasteiger partial charge in [-0.1, -0.05) is 12.1 Å². The van der Waals surface area contributed by atoms with E-state index in [2.05, 4.69) is 64.6 Å². The number of hydroxylamine groups is 1. The van der Waals surface area contributed by atoms with Crippen molar-refractivity contribution >= 4 is 18.0 Å². The summed E-state index contributed by atoms with van der Waals surface area (Å²) in [7, 11) is 1.67. The molecule has 1 aromatic carbocycles. The van der Waals surface area contributed by atoms with Crippen LogP contribution >= 0.6 is 0 Å². The number of carbonyl (C=O) groups excluding carboxylic acids is 2. The van der Waals surface area contributed by atoms with Crippen molar-refractivity contribution in [2.45, 2.75) is 109 Å². The topological polar surface area (TPSA) is 97.9 Å². The van der Waals surface area contributed by atoms with Crippen molar-refractivity contribution in [3.63, 3.8) is 0 Å². The molecule has 0 bridgehead atoms. The predicted octanol–water partition coefficient (Wildman–Crippen LogP) is 3.90. The van der Waals surface area contributed by atoms with Crippen LogP contribution in [0.1, 0.15) is 79.7 Å². The second-order valence-electron chi connectivity index (χ2n) is 12.2. The van der Waals surface area contributed by atoms with E-state index in [4.69, 9.17) is 14.3 Å². The standard InChI is InChI=1S/C28H43N3O5/c1-18-13-21(15-26(2,3)30-18)34-24(32)23(14-19-9-11-20(12-10-19)36-29-8)25(33)35-22-16-27(4,5)31-28(6,7)17-22/h9-12,14,18,21-22,29-31H,13,15-17H2,1-8H3/b23-14-. The van der Waals surface area contributed by atoms with Gasteiger partial charge in [-0.25, -0.2) is 9.59 Å². The molecular formula is C28H43N3O5. The Morgan fingerprint density at radius 2 is 1.42 bits per heavy atom. The molecule has 3 N–H and O–H groups in total. The van der Waals surface area contributed by atoms with Crippen LogP contribution in [0.4, 0.5) is 0 Å². The van der Waals surface area contributed by atoms with Gasteiger partial charge in [-0.2, -0.15) is 5.48 Å². The molecule has 2 aliphatic heterocycles. The minimum absolute atomic E-state index is 0.101. The average Bonchev–Trinajstić information content (AvgIpc) is 2.69. The maximum Gasteiger partial charge on any atom is 0.345 e. The number of hydrogen-bond donors (Lipinski definition) is 3. The second kappa shape index (κ2) is 10.9. The smallest absolute Gasteiger partial charge is 0.345 e. The Morgan fingerprint density at radius 3 is 1.94 bits per heavy atom. The Balaban J connectivity index is 1.84. The summed E-state index contributed by atoms with van der Waals surface area (Å²) in [6.07, 6.45) is 3.59. The van der Waals surface area contributed by atoms with Gasteiger partial charge in [-0.3, -0.25) is 0 Å². The maximum atomic E-state index is 13.4. The van der Waals surface area contributed by atoms with E-state index < -0.39 is 11.9 Å². The molecule has 8 heteroatoms. The first-order valence-electron chi connectivity index (χ1n) is 12.8. The van der Waals surface area contributed by atoms with Crippen LogP contribution in [-0.4, -0.2) is 53.9 Å². The molecule has 2 unspecified atom stereocenters. The molecule has 2 atom stereocenters. The summed E-state index contributed by atoms with van der Waals surface area (Å²) in [6, 6.07) is 7.26. The van der Waals surface area contributed by atoms with Gasteiger partial charge in [0.25, 0.3) is 0 Å². The van der Waals surface area contributed by atoms with Crippen LogP contribution in [0.25, 0.3) is 6.08 Å². The minimum Gasteiger partial charge on any atom is -0.458 e. The lowest BCUT2D eigenvalue weighted by molar-refractivity contribution is -0.156. The molecule has 1 aromatic rings. The van der Waals surface area contributed by atoms with Gasteiger partial charge in [0.2, 0.25) is 0 Å². The van der Waals surface area contributed by atoms with Crippen molar-refractivity contribution in [3.05, 3.63) is 35.4 Å². The lowest BCUT2D eigenvalue weighted by Crippen LogP contribution is -2.59. The van der Waals surface area contributed by atoms with Crippen LogP contribution in [-0.2, 0) is 19.1 Å². The SMILES string of the molecule is CNOc1ccc(/C=C(/C(=O)OC2CC(C)NC(C)(C)C2)C(=O)OC2CC(C)(C)NC(C)(C)C2)cc1. The summed E-state index contributed by atoms with van der Waals surface area (Å²) in [5.41, 5.74) is 2.63. The van der Waals surface area contributed by atoms with Gasteiger partial charge in [0.05, 0.1) is 0 Å². The third-order valence-corrected chi connectivity index (χ3v) is 6.54. The summed E-state index contributed by atoms with van der Waals surface area (Å²) in [6.45, 7) is 14.6. The first-order chi connectivity index (χ1) is 16.7. The Kier molecular flexibility index (Phi) is 8.53. The molecule has 36 heavy (non-hydrogen) atoms. The lowest BCUT2D eigenvalue weighted by Gasteiger charge is -2.45. The molecule has 0 spiro atoms. The zero-order valence-corrected chi connectivity index (χ0v) is 23.0. The molecule has 0 aliphatic carbocycles. The van der Waals surface area contributed by atoms with E-state index in [0.717, 1.165) is 0 Å². The molecule has 8 nitrogen and oxygen atoms in total. The van der Waals surface area contributed by atoms with E-state index in [1.165, 1.54) is 0 Å². The van der Waals surface area contributed by atoms with Crippen molar-refractivity contribution < 1.29 is 23.9 Å². The van der Waals surface area contributed by atoms with Gasteiger partial charge >= 0.3 is 11.9 Å². The van der Waals surface area contributed by atoms with Gasteiger partial charge in [0, 0.05) is 49.0 Å². The normalized spacial score (nSPS) is 25.6. The number of nitrogens with one attached hydrogen (secondary N) is 3. The fourth-order valence-electron chi connectivity index (χ4n) is 5.78. The Labute approximate surface area is 215 Å². The third-order valence-electron chi connectivity index (χ3n) is 6.54. The molecule has 0 radical (unpaired) electrons. The zero-order chi connectivity index (χ0) is 26.7. The molecule has 0 aromatic heterocycles. The highest BCUT2D eigenvalue weighted by atomic mass is 16.6. The second-order valence-corrected chi connectivity index (χ2v) is 12.2. The number of piperidine rings is 2. The zero-order valence-electron chi connectivity index (χ0n) is 23.0. The van der Waals surface area contributed by atoms with Gasteiger partial charge in [0.15, 0.2) is 0 Å². The Bertz CT molecular complexity index is 952. The minimum atomic E-state index is -0.657. The van der Waals surface area contributed by atoms with Crippen LogP contribution in [0.3, 0.4) is 0 Å². The van der Waals surface area contributed by atoms with Crippen molar-refractivity contribution in [2.24, 2.45) is 0 Å². The number of rotatable bonds is 7. The van der Waals surface area contributed by atoms with Crippen molar-refractivity contribution in [3.8, 4) is 5.75 Å². The summed E-state index contributed by atoms with van der Waals surface area (Å²) >= 11 is 0. The molecule has 2 heterocycles. The number of benzene rings is 1. The van der Waals surface area contributed by atoms with Gasteiger partial charge in [-0.15, -0.1) is 0 Å². The molecule has 0 saturated carbocycles. The molecule has 2 saturated heterocycles. The van der Waals surface area contributed by atoms with Crippen LogP contribution < -0.4 is 21.0 Å². The highest BCUT2D eigenvalue weighted by Crippen LogP contribution is 2.31.